The maximum absolute atomic E-state index is 11.9. The quantitative estimate of drug-likeness (QED) is 0.818. The van der Waals surface area contributed by atoms with Gasteiger partial charge in [0.05, 0.1) is 5.56 Å². The van der Waals surface area contributed by atoms with Crippen molar-refractivity contribution < 1.29 is 4.79 Å². The fourth-order valence-electron chi connectivity index (χ4n) is 3.11. The van der Waals surface area contributed by atoms with E-state index in [0.717, 1.165) is 36.9 Å². The molecule has 0 bridgehead atoms. The second kappa shape index (κ2) is 8.70. The molecule has 26 heavy (non-hydrogen) atoms. The summed E-state index contributed by atoms with van der Waals surface area (Å²) >= 11 is 0. The largest absolute Gasteiger partial charge is 0.372 e. The standard InChI is InChI=1S/C21H28N4O/c1-3-12-22-21(26)17-4-9-20(23-15-17)24-18-5-7-19(8-6-18)25-13-10-16(2)11-14-25/h4-9,15-16H,3,10-14H2,1-2H3,(H,22,26)(H,23,24). The first-order valence-electron chi connectivity index (χ1n) is 9.52. The molecule has 0 aliphatic carbocycles. The van der Waals surface area contributed by atoms with Crippen LogP contribution in [0.5, 0.6) is 0 Å². The van der Waals surface area contributed by atoms with Gasteiger partial charge in [-0.05, 0) is 61.6 Å². The number of anilines is 3. The summed E-state index contributed by atoms with van der Waals surface area (Å²) in [5, 5.41) is 6.14. The number of nitrogens with one attached hydrogen (secondary N) is 2. The minimum atomic E-state index is -0.0777. The summed E-state index contributed by atoms with van der Waals surface area (Å²) < 4.78 is 0. The molecule has 2 aromatic rings. The highest BCUT2D eigenvalue weighted by Gasteiger charge is 2.15. The highest BCUT2D eigenvalue weighted by molar-refractivity contribution is 5.94. The lowest BCUT2D eigenvalue weighted by Gasteiger charge is -2.32. The number of rotatable bonds is 6. The maximum Gasteiger partial charge on any atom is 0.252 e. The number of benzene rings is 1. The Hall–Kier alpha value is -2.56. The van der Waals surface area contributed by atoms with E-state index in [1.54, 1.807) is 12.3 Å². The van der Waals surface area contributed by atoms with Crippen LogP contribution in [0.4, 0.5) is 17.2 Å². The Balaban J connectivity index is 1.58. The van der Waals surface area contributed by atoms with Gasteiger partial charge in [0.2, 0.25) is 0 Å². The number of nitrogens with zero attached hydrogens (tertiary/aromatic N) is 2. The van der Waals surface area contributed by atoms with Gasteiger partial charge in [0.1, 0.15) is 5.82 Å². The molecule has 0 atom stereocenters. The normalized spacial score (nSPS) is 14.9. The van der Waals surface area contributed by atoms with Crippen molar-refractivity contribution in [3.63, 3.8) is 0 Å². The van der Waals surface area contributed by atoms with Gasteiger partial charge < -0.3 is 15.5 Å². The van der Waals surface area contributed by atoms with Gasteiger partial charge in [-0.15, -0.1) is 0 Å². The van der Waals surface area contributed by atoms with Crippen LogP contribution in [0.3, 0.4) is 0 Å². The number of carbonyl (C=O) groups is 1. The third-order valence-electron chi connectivity index (χ3n) is 4.85. The van der Waals surface area contributed by atoms with E-state index in [1.807, 2.05) is 13.0 Å². The van der Waals surface area contributed by atoms with Gasteiger partial charge in [-0.25, -0.2) is 4.98 Å². The van der Waals surface area contributed by atoms with E-state index in [-0.39, 0.29) is 5.91 Å². The number of hydrogen-bond acceptors (Lipinski definition) is 4. The predicted octanol–water partition coefficient (Wildman–Crippen LogP) is 4.20. The molecule has 5 nitrogen and oxygen atoms in total. The molecule has 2 N–H and O–H groups in total. The van der Waals surface area contributed by atoms with Crippen molar-refractivity contribution in [3.8, 4) is 0 Å². The highest BCUT2D eigenvalue weighted by atomic mass is 16.1. The van der Waals surface area contributed by atoms with Gasteiger partial charge in [0, 0.05) is 37.2 Å². The van der Waals surface area contributed by atoms with Gasteiger partial charge in [-0.2, -0.15) is 0 Å². The van der Waals surface area contributed by atoms with Crippen molar-refractivity contribution in [2.75, 3.05) is 29.9 Å². The molecule has 0 unspecified atom stereocenters. The SMILES string of the molecule is CCCNC(=O)c1ccc(Nc2ccc(N3CCC(C)CC3)cc2)nc1. The molecule has 2 heterocycles. The minimum Gasteiger partial charge on any atom is -0.372 e. The van der Waals surface area contributed by atoms with Crippen LogP contribution in [0.25, 0.3) is 0 Å². The van der Waals surface area contributed by atoms with Crippen molar-refractivity contribution in [1.29, 1.82) is 0 Å². The second-order valence-corrected chi connectivity index (χ2v) is 7.03. The first kappa shape index (κ1) is 18.2. The highest BCUT2D eigenvalue weighted by Crippen LogP contribution is 2.25. The fourth-order valence-corrected chi connectivity index (χ4v) is 3.11. The zero-order valence-electron chi connectivity index (χ0n) is 15.7. The molecular formula is C21H28N4O. The van der Waals surface area contributed by atoms with Crippen LogP contribution in [0.15, 0.2) is 42.6 Å². The third kappa shape index (κ3) is 4.75. The molecule has 1 aliphatic rings. The fraction of sp³-hybridized carbons (Fsp3) is 0.429. The van der Waals surface area contributed by atoms with Crippen molar-refractivity contribution >= 4 is 23.1 Å². The molecule has 0 radical (unpaired) electrons. The summed E-state index contributed by atoms with van der Waals surface area (Å²) in [5.41, 5.74) is 2.85. The zero-order chi connectivity index (χ0) is 18.4. The lowest BCUT2D eigenvalue weighted by molar-refractivity contribution is 0.0953. The Bertz CT molecular complexity index is 704. The van der Waals surface area contributed by atoms with Gasteiger partial charge >= 0.3 is 0 Å². The summed E-state index contributed by atoms with van der Waals surface area (Å²) in [6.07, 6.45) is 5.06. The van der Waals surface area contributed by atoms with E-state index < -0.39 is 0 Å². The number of carbonyl (C=O) groups excluding carboxylic acids is 1. The smallest absolute Gasteiger partial charge is 0.252 e. The Kier molecular flexibility index (Phi) is 6.10. The lowest BCUT2D eigenvalue weighted by atomic mass is 9.99. The molecule has 5 heteroatoms. The van der Waals surface area contributed by atoms with Gasteiger partial charge in [0.15, 0.2) is 0 Å². The van der Waals surface area contributed by atoms with Crippen molar-refractivity contribution in [3.05, 3.63) is 48.2 Å². The number of aromatic nitrogens is 1. The van der Waals surface area contributed by atoms with Gasteiger partial charge in [0.25, 0.3) is 5.91 Å². The molecule has 1 saturated heterocycles. The molecule has 3 rings (SSSR count). The third-order valence-corrected chi connectivity index (χ3v) is 4.85. The Morgan fingerprint density at radius 3 is 2.50 bits per heavy atom. The van der Waals surface area contributed by atoms with Gasteiger partial charge in [-0.3, -0.25) is 4.79 Å². The second-order valence-electron chi connectivity index (χ2n) is 7.03. The Morgan fingerprint density at radius 1 is 1.15 bits per heavy atom. The number of piperidine rings is 1. The molecule has 1 aromatic heterocycles. The number of hydrogen-bond donors (Lipinski definition) is 2. The molecule has 0 saturated carbocycles. The summed E-state index contributed by atoms with van der Waals surface area (Å²) in [4.78, 5) is 18.7. The van der Waals surface area contributed by atoms with Crippen LogP contribution < -0.4 is 15.5 Å². The summed E-state index contributed by atoms with van der Waals surface area (Å²) in [7, 11) is 0. The molecular weight excluding hydrogens is 324 g/mol. The van der Waals surface area contributed by atoms with E-state index in [1.165, 1.54) is 18.5 Å². The maximum atomic E-state index is 11.9. The van der Waals surface area contributed by atoms with Crippen molar-refractivity contribution in [2.24, 2.45) is 5.92 Å². The zero-order valence-corrected chi connectivity index (χ0v) is 15.7. The summed E-state index contributed by atoms with van der Waals surface area (Å²) in [6, 6.07) is 12.1. The average molecular weight is 352 g/mol. The molecule has 1 fully saturated rings. The molecule has 1 aromatic carbocycles. The van der Waals surface area contributed by atoms with E-state index in [0.29, 0.717) is 12.1 Å². The minimum absolute atomic E-state index is 0.0777. The summed E-state index contributed by atoms with van der Waals surface area (Å²) in [6.45, 7) is 7.31. The van der Waals surface area contributed by atoms with Crippen LogP contribution in [0.2, 0.25) is 0 Å². The van der Waals surface area contributed by atoms with E-state index in [9.17, 15) is 4.79 Å². The van der Waals surface area contributed by atoms with Crippen LogP contribution in [-0.2, 0) is 0 Å². The van der Waals surface area contributed by atoms with Crippen LogP contribution in [0.1, 0.15) is 43.5 Å². The van der Waals surface area contributed by atoms with Gasteiger partial charge in [-0.1, -0.05) is 13.8 Å². The Morgan fingerprint density at radius 2 is 1.88 bits per heavy atom. The van der Waals surface area contributed by atoms with Crippen molar-refractivity contribution in [2.45, 2.75) is 33.1 Å². The van der Waals surface area contributed by atoms with E-state index in [4.69, 9.17) is 0 Å². The van der Waals surface area contributed by atoms with Crippen LogP contribution in [-0.4, -0.2) is 30.5 Å². The topological polar surface area (TPSA) is 57.3 Å². The first-order valence-corrected chi connectivity index (χ1v) is 9.52. The molecule has 1 amide bonds. The number of pyridine rings is 1. The van der Waals surface area contributed by atoms with E-state index in [2.05, 4.69) is 51.7 Å². The molecule has 1 aliphatic heterocycles. The van der Waals surface area contributed by atoms with E-state index >= 15 is 0 Å². The van der Waals surface area contributed by atoms with Crippen LogP contribution >= 0.6 is 0 Å². The number of amides is 1. The molecule has 138 valence electrons. The lowest BCUT2D eigenvalue weighted by Crippen LogP contribution is -2.32. The summed E-state index contributed by atoms with van der Waals surface area (Å²) in [5.74, 6) is 1.49. The van der Waals surface area contributed by atoms with Crippen molar-refractivity contribution in [1.82, 2.24) is 10.3 Å². The van der Waals surface area contributed by atoms with Crippen LogP contribution in [0, 0.1) is 5.92 Å². The molecule has 0 spiro atoms. The predicted molar refractivity (Wildman–Crippen MR) is 107 cm³/mol. The average Bonchev–Trinajstić information content (AvgIpc) is 2.68. The monoisotopic (exact) mass is 352 g/mol. The first-order chi connectivity index (χ1) is 12.7. The Labute approximate surface area is 155 Å².